The number of rotatable bonds is 6. The van der Waals surface area contributed by atoms with Crippen LogP contribution in [-0.2, 0) is 6.42 Å². The normalized spacial score (nSPS) is 12.2. The first kappa shape index (κ1) is 16.2. The molecule has 0 aromatic heterocycles. The average Bonchev–Trinajstić information content (AvgIpc) is 2.49. The summed E-state index contributed by atoms with van der Waals surface area (Å²) in [6.07, 6.45) is 1.69. The molecule has 2 nitrogen and oxygen atoms in total. The largest absolute Gasteiger partial charge is 0.494 e. The minimum atomic E-state index is -0.104. The van der Waals surface area contributed by atoms with E-state index in [-0.39, 0.29) is 6.04 Å². The fourth-order valence-corrected chi connectivity index (χ4v) is 2.41. The van der Waals surface area contributed by atoms with Crippen LogP contribution in [0.2, 0.25) is 10.0 Å². The first-order valence-corrected chi connectivity index (χ1v) is 7.78. The molecule has 21 heavy (non-hydrogen) atoms. The van der Waals surface area contributed by atoms with E-state index in [9.17, 15) is 0 Å². The van der Waals surface area contributed by atoms with Crippen molar-refractivity contribution in [3.05, 3.63) is 63.6 Å². The Hall–Kier alpha value is -1.22. The van der Waals surface area contributed by atoms with Crippen molar-refractivity contribution in [1.29, 1.82) is 0 Å². The third-order valence-corrected chi connectivity index (χ3v) is 3.94. The minimum absolute atomic E-state index is 0.104. The lowest BCUT2D eigenvalue weighted by molar-refractivity contribution is 0.317. The quantitative estimate of drug-likeness (QED) is 0.809. The number of benzene rings is 2. The predicted molar refractivity (Wildman–Crippen MR) is 89.3 cm³/mol. The first-order valence-electron chi connectivity index (χ1n) is 7.02. The highest BCUT2D eigenvalue weighted by Crippen LogP contribution is 2.26. The van der Waals surface area contributed by atoms with Crippen LogP contribution < -0.4 is 10.5 Å². The van der Waals surface area contributed by atoms with Crippen LogP contribution in [0.25, 0.3) is 0 Å². The number of hydrogen-bond donors (Lipinski definition) is 1. The highest BCUT2D eigenvalue weighted by atomic mass is 35.5. The third kappa shape index (κ3) is 4.63. The highest BCUT2D eigenvalue weighted by Gasteiger charge is 2.09. The molecule has 0 radical (unpaired) electrons. The molecule has 0 fully saturated rings. The maximum absolute atomic E-state index is 6.28. The van der Waals surface area contributed by atoms with Crippen LogP contribution in [0.3, 0.4) is 0 Å². The topological polar surface area (TPSA) is 35.2 Å². The van der Waals surface area contributed by atoms with Crippen LogP contribution in [0.5, 0.6) is 5.75 Å². The van der Waals surface area contributed by atoms with Crippen LogP contribution in [0.15, 0.2) is 42.5 Å². The van der Waals surface area contributed by atoms with Gasteiger partial charge in [-0.3, -0.25) is 0 Å². The molecular formula is C17H19Cl2NO. The van der Waals surface area contributed by atoms with Crippen molar-refractivity contribution >= 4 is 23.2 Å². The third-order valence-electron chi connectivity index (χ3n) is 3.20. The average molecular weight is 324 g/mol. The number of halogens is 2. The second kappa shape index (κ2) is 7.69. The lowest BCUT2D eigenvalue weighted by atomic mass is 9.99. The van der Waals surface area contributed by atoms with E-state index >= 15 is 0 Å². The second-order valence-electron chi connectivity index (χ2n) is 4.98. The summed E-state index contributed by atoms with van der Waals surface area (Å²) in [5, 5.41) is 1.12. The van der Waals surface area contributed by atoms with Gasteiger partial charge in [0.05, 0.1) is 16.7 Å². The van der Waals surface area contributed by atoms with Gasteiger partial charge in [0.25, 0.3) is 0 Å². The van der Waals surface area contributed by atoms with Gasteiger partial charge in [0.1, 0.15) is 5.75 Å². The SMILES string of the molecule is CCCOc1cccc(C(N)Cc2ccc(Cl)c(Cl)c2)c1. The van der Waals surface area contributed by atoms with E-state index in [0.717, 1.165) is 23.3 Å². The van der Waals surface area contributed by atoms with Gasteiger partial charge in [-0.2, -0.15) is 0 Å². The lowest BCUT2D eigenvalue weighted by Gasteiger charge is -2.14. The van der Waals surface area contributed by atoms with Gasteiger partial charge >= 0.3 is 0 Å². The number of ether oxygens (including phenoxy) is 1. The van der Waals surface area contributed by atoms with Crippen molar-refractivity contribution in [1.82, 2.24) is 0 Å². The van der Waals surface area contributed by atoms with E-state index in [2.05, 4.69) is 6.92 Å². The molecule has 0 aliphatic heterocycles. The van der Waals surface area contributed by atoms with Gasteiger partial charge in [0, 0.05) is 6.04 Å². The van der Waals surface area contributed by atoms with Crippen molar-refractivity contribution in [2.24, 2.45) is 5.73 Å². The second-order valence-corrected chi connectivity index (χ2v) is 5.79. The van der Waals surface area contributed by atoms with E-state index in [1.165, 1.54) is 0 Å². The van der Waals surface area contributed by atoms with Crippen molar-refractivity contribution in [3.63, 3.8) is 0 Å². The smallest absolute Gasteiger partial charge is 0.119 e. The van der Waals surface area contributed by atoms with Crippen molar-refractivity contribution in [2.45, 2.75) is 25.8 Å². The van der Waals surface area contributed by atoms with Crippen molar-refractivity contribution < 1.29 is 4.74 Å². The Morgan fingerprint density at radius 2 is 1.90 bits per heavy atom. The summed E-state index contributed by atoms with van der Waals surface area (Å²) in [7, 11) is 0. The first-order chi connectivity index (χ1) is 10.1. The summed E-state index contributed by atoms with van der Waals surface area (Å²) in [6, 6.07) is 13.4. The van der Waals surface area contributed by atoms with E-state index in [0.29, 0.717) is 23.1 Å². The Morgan fingerprint density at radius 1 is 1.10 bits per heavy atom. The summed E-state index contributed by atoms with van der Waals surface area (Å²) < 4.78 is 5.64. The molecule has 2 rings (SSSR count). The van der Waals surface area contributed by atoms with E-state index in [4.69, 9.17) is 33.7 Å². The van der Waals surface area contributed by atoms with E-state index in [1.807, 2.05) is 36.4 Å². The molecule has 4 heteroatoms. The van der Waals surface area contributed by atoms with Crippen LogP contribution in [0, 0.1) is 0 Å². The number of hydrogen-bond acceptors (Lipinski definition) is 2. The molecule has 0 spiro atoms. The maximum atomic E-state index is 6.28. The predicted octanol–water partition coefficient (Wildman–Crippen LogP) is 5.02. The van der Waals surface area contributed by atoms with E-state index in [1.54, 1.807) is 6.07 Å². The molecule has 2 aromatic carbocycles. The van der Waals surface area contributed by atoms with Crippen LogP contribution in [-0.4, -0.2) is 6.61 Å². The Labute approximate surface area is 135 Å². The summed E-state index contributed by atoms with van der Waals surface area (Å²) in [6.45, 7) is 2.80. The van der Waals surface area contributed by atoms with Crippen molar-refractivity contribution in [3.8, 4) is 5.75 Å². The Morgan fingerprint density at radius 3 is 2.62 bits per heavy atom. The molecule has 1 atom stereocenters. The zero-order valence-electron chi connectivity index (χ0n) is 12.0. The molecule has 1 unspecified atom stereocenters. The molecule has 0 aliphatic carbocycles. The standard InChI is InChI=1S/C17H19Cl2NO/c1-2-8-21-14-5-3-4-13(11-14)17(20)10-12-6-7-15(18)16(19)9-12/h3-7,9,11,17H,2,8,10,20H2,1H3. The Balaban J connectivity index is 2.08. The Bertz CT molecular complexity index is 601. The van der Waals surface area contributed by atoms with Crippen LogP contribution in [0.1, 0.15) is 30.5 Å². The molecule has 112 valence electrons. The molecular weight excluding hydrogens is 305 g/mol. The summed E-state index contributed by atoms with van der Waals surface area (Å²) >= 11 is 12.0. The number of nitrogens with two attached hydrogens (primary N) is 1. The van der Waals surface area contributed by atoms with Crippen molar-refractivity contribution in [2.75, 3.05) is 6.61 Å². The monoisotopic (exact) mass is 323 g/mol. The van der Waals surface area contributed by atoms with Gasteiger partial charge in [0.15, 0.2) is 0 Å². The molecule has 0 aliphatic rings. The fraction of sp³-hybridized carbons (Fsp3) is 0.294. The molecule has 0 bridgehead atoms. The molecule has 0 saturated heterocycles. The Kier molecular flexibility index (Phi) is 5.92. The highest BCUT2D eigenvalue weighted by molar-refractivity contribution is 6.42. The van der Waals surface area contributed by atoms with Gasteiger partial charge in [-0.05, 0) is 48.2 Å². The zero-order chi connectivity index (χ0) is 15.2. The lowest BCUT2D eigenvalue weighted by Crippen LogP contribution is -2.13. The maximum Gasteiger partial charge on any atom is 0.119 e. The summed E-state index contributed by atoms with van der Waals surface area (Å²) in [5.41, 5.74) is 8.40. The molecule has 2 N–H and O–H groups in total. The minimum Gasteiger partial charge on any atom is -0.494 e. The molecule has 0 heterocycles. The van der Waals surface area contributed by atoms with Crippen LogP contribution >= 0.6 is 23.2 Å². The van der Waals surface area contributed by atoms with Gasteiger partial charge < -0.3 is 10.5 Å². The zero-order valence-corrected chi connectivity index (χ0v) is 13.5. The molecule has 0 saturated carbocycles. The molecule has 0 amide bonds. The van der Waals surface area contributed by atoms with E-state index < -0.39 is 0 Å². The van der Waals surface area contributed by atoms with Gasteiger partial charge in [0.2, 0.25) is 0 Å². The summed E-state index contributed by atoms with van der Waals surface area (Å²) in [4.78, 5) is 0. The van der Waals surface area contributed by atoms with Gasteiger partial charge in [-0.15, -0.1) is 0 Å². The van der Waals surface area contributed by atoms with Gasteiger partial charge in [-0.1, -0.05) is 48.3 Å². The fourth-order valence-electron chi connectivity index (χ4n) is 2.09. The summed E-state index contributed by atoms with van der Waals surface area (Å²) in [5.74, 6) is 0.860. The van der Waals surface area contributed by atoms with Gasteiger partial charge in [-0.25, -0.2) is 0 Å². The van der Waals surface area contributed by atoms with Crippen LogP contribution in [0.4, 0.5) is 0 Å². The molecule has 2 aromatic rings.